The molecule has 1 aromatic rings. The molecule has 7 heteroatoms. The van der Waals surface area contributed by atoms with Gasteiger partial charge in [0.2, 0.25) is 5.91 Å². The van der Waals surface area contributed by atoms with E-state index in [0.29, 0.717) is 19.5 Å². The number of carbonyl (C=O) groups is 3. The Hall–Kier alpha value is -2.83. The number of ether oxygens (including phenoxy) is 1. The van der Waals surface area contributed by atoms with E-state index in [-0.39, 0.29) is 17.8 Å². The SMILES string of the molecule is COc1cccc(/C=C/C(=O)NCCCN2C(=O)NC3(CCCC3)C2=O)c1. The largest absolute Gasteiger partial charge is 0.497 e. The molecule has 0 atom stereocenters. The van der Waals surface area contributed by atoms with E-state index in [0.717, 1.165) is 37.0 Å². The molecule has 0 bridgehead atoms. The first-order chi connectivity index (χ1) is 13.0. The first-order valence-electron chi connectivity index (χ1n) is 9.28. The van der Waals surface area contributed by atoms with E-state index in [2.05, 4.69) is 10.6 Å². The molecule has 0 unspecified atom stereocenters. The molecule has 0 radical (unpaired) electrons. The molecule has 2 aliphatic rings. The molecule has 1 saturated heterocycles. The van der Waals surface area contributed by atoms with Gasteiger partial charge in [-0.05, 0) is 43.0 Å². The third-order valence-corrected chi connectivity index (χ3v) is 5.08. The van der Waals surface area contributed by atoms with Gasteiger partial charge in [-0.2, -0.15) is 0 Å². The van der Waals surface area contributed by atoms with Crippen LogP contribution >= 0.6 is 0 Å². The Morgan fingerprint density at radius 3 is 2.85 bits per heavy atom. The van der Waals surface area contributed by atoms with E-state index < -0.39 is 5.54 Å². The molecule has 1 aliphatic heterocycles. The summed E-state index contributed by atoms with van der Waals surface area (Å²) in [6.07, 6.45) is 7.06. The Morgan fingerprint density at radius 2 is 2.11 bits per heavy atom. The van der Waals surface area contributed by atoms with Crippen LogP contribution in [-0.4, -0.2) is 48.5 Å². The van der Waals surface area contributed by atoms with Crippen LogP contribution in [0.25, 0.3) is 6.08 Å². The van der Waals surface area contributed by atoms with Crippen molar-refractivity contribution >= 4 is 23.9 Å². The number of imide groups is 1. The molecule has 1 heterocycles. The van der Waals surface area contributed by atoms with E-state index in [9.17, 15) is 14.4 Å². The van der Waals surface area contributed by atoms with Crippen molar-refractivity contribution in [2.75, 3.05) is 20.2 Å². The lowest BCUT2D eigenvalue weighted by Crippen LogP contribution is -2.44. The van der Waals surface area contributed by atoms with Gasteiger partial charge in [-0.3, -0.25) is 14.5 Å². The smallest absolute Gasteiger partial charge is 0.325 e. The molecule has 1 aliphatic carbocycles. The fourth-order valence-corrected chi connectivity index (χ4v) is 3.62. The summed E-state index contributed by atoms with van der Waals surface area (Å²) in [5.41, 5.74) is 0.200. The van der Waals surface area contributed by atoms with Crippen LogP contribution in [0.4, 0.5) is 4.79 Å². The number of nitrogens with one attached hydrogen (secondary N) is 2. The van der Waals surface area contributed by atoms with Gasteiger partial charge >= 0.3 is 6.03 Å². The Balaban J connectivity index is 1.42. The summed E-state index contributed by atoms with van der Waals surface area (Å²) < 4.78 is 5.14. The number of hydrogen-bond donors (Lipinski definition) is 2. The predicted octanol–water partition coefficient (Wildman–Crippen LogP) is 2.08. The highest BCUT2D eigenvalue weighted by Gasteiger charge is 2.51. The summed E-state index contributed by atoms with van der Waals surface area (Å²) in [4.78, 5) is 37.8. The highest BCUT2D eigenvalue weighted by Crippen LogP contribution is 2.34. The molecule has 4 amide bonds. The summed E-state index contributed by atoms with van der Waals surface area (Å²) in [6, 6.07) is 7.09. The summed E-state index contributed by atoms with van der Waals surface area (Å²) >= 11 is 0. The average Bonchev–Trinajstić information content (AvgIpc) is 3.23. The molecule has 144 valence electrons. The van der Waals surface area contributed by atoms with Crippen molar-refractivity contribution in [2.45, 2.75) is 37.6 Å². The van der Waals surface area contributed by atoms with Crippen LogP contribution in [0.1, 0.15) is 37.7 Å². The molecule has 1 spiro atoms. The van der Waals surface area contributed by atoms with Gasteiger partial charge in [-0.1, -0.05) is 25.0 Å². The number of benzene rings is 1. The minimum absolute atomic E-state index is 0.116. The Kier molecular flexibility index (Phi) is 5.78. The molecule has 7 nitrogen and oxygen atoms in total. The van der Waals surface area contributed by atoms with Gasteiger partial charge in [-0.15, -0.1) is 0 Å². The Morgan fingerprint density at radius 1 is 1.33 bits per heavy atom. The highest BCUT2D eigenvalue weighted by molar-refractivity contribution is 6.07. The first kappa shape index (κ1) is 18.9. The highest BCUT2D eigenvalue weighted by atomic mass is 16.5. The van der Waals surface area contributed by atoms with Crippen LogP contribution in [-0.2, 0) is 9.59 Å². The third-order valence-electron chi connectivity index (χ3n) is 5.08. The molecule has 2 fully saturated rings. The standard InChI is InChI=1S/C20H25N3O4/c1-27-16-7-4-6-15(14-16)8-9-17(24)21-12-5-13-23-18(25)20(22-19(23)26)10-2-3-11-20/h4,6-9,14H,2-3,5,10-13H2,1H3,(H,21,24)(H,22,26)/b9-8+. The van der Waals surface area contributed by atoms with E-state index in [1.165, 1.54) is 11.0 Å². The summed E-state index contributed by atoms with van der Waals surface area (Å²) in [6.45, 7) is 0.706. The van der Waals surface area contributed by atoms with Crippen molar-refractivity contribution in [3.63, 3.8) is 0 Å². The number of methoxy groups -OCH3 is 1. The van der Waals surface area contributed by atoms with Gasteiger partial charge in [0, 0.05) is 19.2 Å². The Bertz CT molecular complexity index is 753. The fourth-order valence-electron chi connectivity index (χ4n) is 3.62. The fraction of sp³-hybridized carbons (Fsp3) is 0.450. The first-order valence-corrected chi connectivity index (χ1v) is 9.28. The Labute approximate surface area is 158 Å². The van der Waals surface area contributed by atoms with Gasteiger partial charge in [-0.25, -0.2) is 4.79 Å². The van der Waals surface area contributed by atoms with Gasteiger partial charge in [0.1, 0.15) is 11.3 Å². The van der Waals surface area contributed by atoms with Crippen LogP contribution in [0, 0.1) is 0 Å². The van der Waals surface area contributed by atoms with Crippen LogP contribution in [0.3, 0.4) is 0 Å². The molecular weight excluding hydrogens is 346 g/mol. The quantitative estimate of drug-likeness (QED) is 0.436. The van der Waals surface area contributed by atoms with E-state index >= 15 is 0 Å². The van der Waals surface area contributed by atoms with Crippen molar-refractivity contribution in [2.24, 2.45) is 0 Å². The van der Waals surface area contributed by atoms with Crippen LogP contribution in [0.15, 0.2) is 30.3 Å². The van der Waals surface area contributed by atoms with E-state index in [4.69, 9.17) is 4.74 Å². The van der Waals surface area contributed by atoms with Crippen molar-refractivity contribution in [3.8, 4) is 5.75 Å². The summed E-state index contributed by atoms with van der Waals surface area (Å²) in [5.74, 6) is 0.391. The molecule has 3 rings (SSSR count). The minimum Gasteiger partial charge on any atom is -0.497 e. The average molecular weight is 371 g/mol. The zero-order chi connectivity index (χ0) is 19.3. The molecule has 27 heavy (non-hydrogen) atoms. The second-order valence-electron chi connectivity index (χ2n) is 6.93. The lowest BCUT2D eigenvalue weighted by Gasteiger charge is -2.19. The second-order valence-corrected chi connectivity index (χ2v) is 6.93. The normalized spacial score (nSPS) is 18.3. The number of nitrogens with zero attached hydrogens (tertiary/aromatic N) is 1. The maximum Gasteiger partial charge on any atom is 0.325 e. The van der Waals surface area contributed by atoms with Gasteiger partial charge in [0.15, 0.2) is 0 Å². The van der Waals surface area contributed by atoms with Gasteiger partial charge < -0.3 is 15.4 Å². The maximum absolute atomic E-state index is 12.5. The number of amides is 4. The van der Waals surface area contributed by atoms with E-state index in [1.807, 2.05) is 24.3 Å². The minimum atomic E-state index is -0.667. The van der Waals surface area contributed by atoms with Gasteiger partial charge in [0.05, 0.1) is 7.11 Å². The maximum atomic E-state index is 12.5. The second kappa shape index (κ2) is 8.24. The lowest BCUT2D eigenvalue weighted by atomic mass is 9.98. The molecule has 1 aromatic carbocycles. The van der Waals surface area contributed by atoms with Crippen LogP contribution in [0.5, 0.6) is 5.75 Å². The van der Waals surface area contributed by atoms with Gasteiger partial charge in [0.25, 0.3) is 5.91 Å². The predicted molar refractivity (Wildman–Crippen MR) is 101 cm³/mol. The van der Waals surface area contributed by atoms with Crippen LogP contribution < -0.4 is 15.4 Å². The summed E-state index contributed by atoms with van der Waals surface area (Å²) in [7, 11) is 1.59. The molecule has 2 N–H and O–H groups in total. The molecule has 1 saturated carbocycles. The third kappa shape index (κ3) is 4.30. The zero-order valence-electron chi connectivity index (χ0n) is 15.5. The van der Waals surface area contributed by atoms with Crippen molar-refractivity contribution in [1.29, 1.82) is 0 Å². The van der Waals surface area contributed by atoms with Crippen molar-refractivity contribution in [3.05, 3.63) is 35.9 Å². The topological polar surface area (TPSA) is 87.7 Å². The zero-order valence-corrected chi connectivity index (χ0v) is 15.5. The molecular formula is C20H25N3O4. The number of hydrogen-bond acceptors (Lipinski definition) is 4. The van der Waals surface area contributed by atoms with Crippen LogP contribution in [0.2, 0.25) is 0 Å². The summed E-state index contributed by atoms with van der Waals surface area (Å²) in [5, 5.41) is 5.62. The van der Waals surface area contributed by atoms with Crippen molar-refractivity contribution in [1.82, 2.24) is 15.5 Å². The lowest BCUT2D eigenvalue weighted by molar-refractivity contribution is -0.131. The molecule has 0 aromatic heterocycles. The number of urea groups is 1. The van der Waals surface area contributed by atoms with E-state index in [1.54, 1.807) is 13.2 Å². The number of rotatable bonds is 7. The van der Waals surface area contributed by atoms with Crippen molar-refractivity contribution < 1.29 is 19.1 Å². The monoisotopic (exact) mass is 371 g/mol. The number of carbonyl (C=O) groups excluding carboxylic acids is 3.